The molecule has 0 aliphatic rings. The Bertz CT molecular complexity index is 121. The molecule has 0 saturated heterocycles. The molecule has 0 aromatic rings. The van der Waals surface area contributed by atoms with Crippen molar-refractivity contribution in [3.05, 3.63) is 0 Å². The first-order valence-corrected chi connectivity index (χ1v) is 2.50. The van der Waals surface area contributed by atoms with Crippen LogP contribution in [0.2, 0.25) is 0 Å². The maximum Gasteiger partial charge on any atom is 0.378 e. The summed E-state index contributed by atoms with van der Waals surface area (Å²) in [7, 11) is 4.47. The maximum atomic E-state index is 10.2. The van der Waals surface area contributed by atoms with Crippen LogP contribution in [0.25, 0.3) is 0 Å². The average molecular weight is 143 g/mol. The van der Waals surface area contributed by atoms with Gasteiger partial charge in [-0.25, -0.2) is 0 Å². The van der Waals surface area contributed by atoms with Gasteiger partial charge in [0, 0.05) is 0 Å². The first-order valence-electron chi connectivity index (χ1n) is 2.50. The van der Waals surface area contributed by atoms with Crippen molar-refractivity contribution in [1.29, 1.82) is 0 Å². The van der Waals surface area contributed by atoms with Gasteiger partial charge in [-0.05, 0) is 0 Å². The molecule has 2 N–H and O–H groups in total. The van der Waals surface area contributed by atoms with E-state index in [9.17, 15) is 9.59 Å². The van der Waals surface area contributed by atoms with E-state index in [4.69, 9.17) is 0 Å². The molecule has 0 amide bonds. The Morgan fingerprint density at radius 2 is 1.80 bits per heavy atom. The van der Waals surface area contributed by atoms with Gasteiger partial charge >= 0.3 is 14.0 Å². The Hall–Kier alpha value is -1.04. The molecule has 0 rings (SSSR count). The van der Waals surface area contributed by atoms with E-state index in [0.717, 1.165) is 0 Å². The molecule has 5 nitrogen and oxygen atoms in total. The third kappa shape index (κ3) is 3.91. The predicted molar refractivity (Wildman–Crippen MR) is 31.4 cm³/mol. The molecule has 0 saturated carbocycles. The van der Waals surface area contributed by atoms with Crippen molar-refractivity contribution in [1.82, 2.24) is 0 Å². The van der Waals surface area contributed by atoms with Crippen LogP contribution in [0.1, 0.15) is 12.8 Å². The standard InChI is InChI=1S/C4H6BNO4/c5-9-3(7)1-2-4(8)10-6/h1-2,6H2. The minimum absolute atomic E-state index is 0.119. The highest BCUT2D eigenvalue weighted by Crippen LogP contribution is 1.91. The largest absolute Gasteiger partial charge is 0.543 e. The Balaban J connectivity index is 3.35. The van der Waals surface area contributed by atoms with Gasteiger partial charge < -0.3 is 9.49 Å². The van der Waals surface area contributed by atoms with E-state index in [1.807, 2.05) is 0 Å². The molecular formula is C4H6BNO4. The molecule has 0 aliphatic heterocycles. The van der Waals surface area contributed by atoms with Crippen LogP contribution in [-0.2, 0) is 19.1 Å². The Morgan fingerprint density at radius 1 is 1.30 bits per heavy atom. The van der Waals surface area contributed by atoms with Gasteiger partial charge in [0.2, 0.25) is 0 Å². The zero-order valence-electron chi connectivity index (χ0n) is 5.20. The van der Waals surface area contributed by atoms with E-state index < -0.39 is 11.9 Å². The summed E-state index contributed by atoms with van der Waals surface area (Å²) in [6.07, 6.45) is -0.237. The minimum Gasteiger partial charge on any atom is -0.543 e. The van der Waals surface area contributed by atoms with Crippen molar-refractivity contribution < 1.29 is 19.1 Å². The van der Waals surface area contributed by atoms with Crippen LogP contribution < -0.4 is 5.90 Å². The molecule has 0 spiro atoms. The fraction of sp³-hybridized carbons (Fsp3) is 0.500. The predicted octanol–water partition coefficient (Wildman–Crippen LogP) is -1.19. The molecule has 54 valence electrons. The summed E-state index contributed by atoms with van der Waals surface area (Å²) in [6, 6.07) is 0. The first kappa shape index (κ1) is 8.96. The highest BCUT2D eigenvalue weighted by molar-refractivity contribution is 6.05. The molecular weight excluding hydrogens is 137 g/mol. The number of hydrogen-bond donors (Lipinski definition) is 1. The SMILES string of the molecule is [B]OC(=O)CCC(=O)ON. The lowest BCUT2D eigenvalue weighted by molar-refractivity contribution is -0.147. The highest BCUT2D eigenvalue weighted by atomic mass is 16.7. The average Bonchev–Trinajstić information content (AvgIpc) is 1.99. The first-order chi connectivity index (χ1) is 4.70. The maximum absolute atomic E-state index is 10.2. The lowest BCUT2D eigenvalue weighted by Gasteiger charge is -1.96. The van der Waals surface area contributed by atoms with Gasteiger partial charge in [-0.3, -0.25) is 9.59 Å². The van der Waals surface area contributed by atoms with E-state index >= 15 is 0 Å². The van der Waals surface area contributed by atoms with Crippen molar-refractivity contribution in [2.75, 3.05) is 0 Å². The summed E-state index contributed by atoms with van der Waals surface area (Å²) in [4.78, 5) is 24.2. The Kier molecular flexibility index (Phi) is 4.31. The van der Waals surface area contributed by atoms with E-state index in [-0.39, 0.29) is 12.8 Å². The van der Waals surface area contributed by atoms with Gasteiger partial charge in [-0.1, -0.05) is 0 Å². The number of nitrogens with two attached hydrogens (primary N) is 1. The molecule has 0 aliphatic carbocycles. The fourth-order valence-electron chi connectivity index (χ4n) is 0.322. The van der Waals surface area contributed by atoms with Crippen LogP contribution in [0.3, 0.4) is 0 Å². The number of carbonyl (C=O) groups excluding carboxylic acids is 2. The van der Waals surface area contributed by atoms with Gasteiger partial charge in [0.05, 0.1) is 12.8 Å². The van der Waals surface area contributed by atoms with Crippen LogP contribution in [0, 0.1) is 0 Å². The summed E-state index contributed by atoms with van der Waals surface area (Å²) in [5.74, 6) is 3.12. The van der Waals surface area contributed by atoms with Crippen LogP contribution >= 0.6 is 0 Å². The second-order valence-electron chi connectivity index (χ2n) is 1.48. The van der Waals surface area contributed by atoms with E-state index in [0.29, 0.717) is 0 Å². The van der Waals surface area contributed by atoms with Gasteiger partial charge in [-0.15, -0.1) is 0 Å². The molecule has 0 fully saturated rings. The summed E-state index contributed by atoms with van der Waals surface area (Å²) >= 11 is 0. The lowest BCUT2D eigenvalue weighted by atomic mass is 10.3. The van der Waals surface area contributed by atoms with Crippen LogP contribution in [0.15, 0.2) is 0 Å². The zero-order valence-corrected chi connectivity index (χ0v) is 5.20. The third-order valence-corrected chi connectivity index (χ3v) is 0.796. The summed E-state index contributed by atoms with van der Waals surface area (Å²) in [5.41, 5.74) is 0. The Labute approximate surface area is 58.9 Å². The molecule has 0 heterocycles. The summed E-state index contributed by atoms with van der Waals surface area (Å²) in [5, 5.41) is 0. The lowest BCUT2D eigenvalue weighted by Crippen LogP contribution is -2.12. The normalized spacial score (nSPS) is 8.50. The van der Waals surface area contributed by atoms with Gasteiger partial charge in [0.1, 0.15) is 0 Å². The van der Waals surface area contributed by atoms with Crippen molar-refractivity contribution in [2.45, 2.75) is 12.8 Å². The molecule has 0 atom stereocenters. The number of hydrogen-bond acceptors (Lipinski definition) is 5. The highest BCUT2D eigenvalue weighted by Gasteiger charge is 2.05. The van der Waals surface area contributed by atoms with Crippen molar-refractivity contribution in [3.63, 3.8) is 0 Å². The Morgan fingerprint density at radius 3 is 2.20 bits per heavy atom. The summed E-state index contributed by atoms with van der Waals surface area (Å²) in [6.45, 7) is 0. The summed E-state index contributed by atoms with van der Waals surface area (Å²) < 4.78 is 3.76. The second-order valence-corrected chi connectivity index (χ2v) is 1.48. The molecule has 0 aromatic heterocycles. The van der Waals surface area contributed by atoms with E-state index in [2.05, 4.69) is 23.4 Å². The van der Waals surface area contributed by atoms with Gasteiger partial charge in [-0.2, -0.15) is 5.90 Å². The quantitative estimate of drug-likeness (QED) is 0.396. The fourth-order valence-corrected chi connectivity index (χ4v) is 0.322. The van der Waals surface area contributed by atoms with Gasteiger partial charge in [0.25, 0.3) is 5.97 Å². The molecule has 0 unspecified atom stereocenters. The molecule has 0 aromatic carbocycles. The van der Waals surface area contributed by atoms with Crippen molar-refractivity contribution in [2.24, 2.45) is 5.90 Å². The van der Waals surface area contributed by atoms with Crippen molar-refractivity contribution >= 4 is 20.0 Å². The second kappa shape index (κ2) is 4.81. The molecule has 6 heteroatoms. The number of rotatable bonds is 3. The smallest absolute Gasteiger partial charge is 0.378 e. The van der Waals surface area contributed by atoms with E-state index in [1.54, 1.807) is 0 Å². The third-order valence-electron chi connectivity index (χ3n) is 0.796. The van der Waals surface area contributed by atoms with Crippen LogP contribution in [0.5, 0.6) is 0 Å². The van der Waals surface area contributed by atoms with Crippen LogP contribution in [-0.4, -0.2) is 20.0 Å². The number of carbonyl (C=O) groups is 2. The van der Waals surface area contributed by atoms with E-state index in [1.165, 1.54) is 0 Å². The van der Waals surface area contributed by atoms with Crippen LogP contribution in [0.4, 0.5) is 0 Å². The molecule has 0 bridgehead atoms. The molecule has 10 heavy (non-hydrogen) atoms. The minimum atomic E-state index is -0.676. The topological polar surface area (TPSA) is 78.6 Å². The molecule has 2 radical (unpaired) electrons. The zero-order chi connectivity index (χ0) is 7.98. The van der Waals surface area contributed by atoms with Crippen molar-refractivity contribution in [3.8, 4) is 0 Å². The van der Waals surface area contributed by atoms with Gasteiger partial charge in [0.15, 0.2) is 0 Å². The monoisotopic (exact) mass is 143 g/mol.